The van der Waals surface area contributed by atoms with Crippen LogP contribution in [0.15, 0.2) is 29.8 Å². The highest BCUT2D eigenvalue weighted by atomic mass is 35.5. The number of likely N-dealkylation sites (tertiary alicyclic amines) is 1. The zero-order valence-corrected chi connectivity index (χ0v) is 17.2. The molecule has 2 aliphatic rings. The lowest BCUT2D eigenvalue weighted by atomic mass is 10.1. The normalized spacial score (nSPS) is 21.8. The summed E-state index contributed by atoms with van der Waals surface area (Å²) in [4.78, 5) is 19.5. The van der Waals surface area contributed by atoms with Gasteiger partial charge in [-0.15, -0.1) is 6.58 Å². The van der Waals surface area contributed by atoms with Crippen molar-refractivity contribution in [3.05, 3.63) is 35.4 Å². The molecule has 28 heavy (non-hydrogen) atoms. The fourth-order valence-electron chi connectivity index (χ4n) is 3.59. The highest BCUT2D eigenvalue weighted by Gasteiger charge is 2.25. The number of amides is 1. The summed E-state index contributed by atoms with van der Waals surface area (Å²) in [7, 11) is 1.54. The Morgan fingerprint density at radius 2 is 2.36 bits per heavy atom. The SMILES string of the molecule is C=CCN1CCCC1CNC(=O)c1cc(Cl)c(NC2=NC(C)CN2)cc1OC. The largest absolute Gasteiger partial charge is 0.496 e. The maximum absolute atomic E-state index is 12.8. The number of carbonyl (C=O) groups excluding carboxylic acids is 1. The van der Waals surface area contributed by atoms with E-state index in [1.165, 1.54) is 0 Å². The van der Waals surface area contributed by atoms with Crippen LogP contribution in [-0.4, -0.2) is 62.1 Å². The quantitative estimate of drug-likeness (QED) is 0.607. The number of aliphatic imine (C=N–C) groups is 1. The smallest absolute Gasteiger partial charge is 0.255 e. The molecular formula is C20H28ClN5O2. The van der Waals surface area contributed by atoms with Crippen molar-refractivity contribution < 1.29 is 9.53 Å². The van der Waals surface area contributed by atoms with Gasteiger partial charge < -0.3 is 20.7 Å². The third-order valence-electron chi connectivity index (χ3n) is 5.06. The van der Waals surface area contributed by atoms with Crippen LogP contribution in [0, 0.1) is 0 Å². The van der Waals surface area contributed by atoms with Crippen molar-refractivity contribution in [2.45, 2.75) is 31.8 Å². The summed E-state index contributed by atoms with van der Waals surface area (Å²) in [5.74, 6) is 0.934. The lowest BCUT2D eigenvalue weighted by Crippen LogP contribution is -2.40. The van der Waals surface area contributed by atoms with Crippen LogP contribution < -0.4 is 20.7 Å². The molecule has 2 unspecified atom stereocenters. The highest BCUT2D eigenvalue weighted by molar-refractivity contribution is 6.34. The Hall–Kier alpha value is -2.25. The Bertz CT molecular complexity index is 767. The van der Waals surface area contributed by atoms with Gasteiger partial charge in [0.25, 0.3) is 5.91 Å². The number of hydrogen-bond acceptors (Lipinski definition) is 6. The number of guanidine groups is 1. The molecule has 1 aromatic carbocycles. The zero-order valence-electron chi connectivity index (χ0n) is 16.4. The van der Waals surface area contributed by atoms with E-state index in [9.17, 15) is 4.79 Å². The number of rotatable bonds is 7. The van der Waals surface area contributed by atoms with Crippen LogP contribution >= 0.6 is 11.6 Å². The van der Waals surface area contributed by atoms with E-state index in [0.29, 0.717) is 40.6 Å². The van der Waals surface area contributed by atoms with Crippen LogP contribution in [0.5, 0.6) is 5.75 Å². The molecule has 152 valence electrons. The van der Waals surface area contributed by atoms with Crippen LogP contribution in [-0.2, 0) is 0 Å². The molecule has 0 bridgehead atoms. The van der Waals surface area contributed by atoms with Gasteiger partial charge in [-0.05, 0) is 32.4 Å². The molecule has 1 fully saturated rings. The molecule has 0 aromatic heterocycles. The van der Waals surface area contributed by atoms with Crippen LogP contribution in [0.3, 0.4) is 0 Å². The number of benzene rings is 1. The van der Waals surface area contributed by atoms with Crippen molar-refractivity contribution in [1.82, 2.24) is 15.5 Å². The molecule has 1 amide bonds. The van der Waals surface area contributed by atoms with E-state index in [1.54, 1.807) is 19.2 Å². The van der Waals surface area contributed by atoms with Gasteiger partial charge in [-0.2, -0.15) is 0 Å². The lowest BCUT2D eigenvalue weighted by molar-refractivity contribution is 0.0939. The zero-order chi connectivity index (χ0) is 20.1. The molecule has 2 heterocycles. The maximum Gasteiger partial charge on any atom is 0.255 e. The molecule has 2 atom stereocenters. The second-order valence-corrected chi connectivity index (χ2v) is 7.56. The lowest BCUT2D eigenvalue weighted by Gasteiger charge is -2.23. The van der Waals surface area contributed by atoms with Gasteiger partial charge in [0.05, 0.1) is 29.4 Å². The van der Waals surface area contributed by atoms with Gasteiger partial charge in [0.1, 0.15) is 5.75 Å². The fraction of sp³-hybridized carbons (Fsp3) is 0.500. The predicted octanol–water partition coefficient (Wildman–Crippen LogP) is 2.49. The van der Waals surface area contributed by atoms with Gasteiger partial charge in [0.2, 0.25) is 0 Å². The number of carbonyl (C=O) groups is 1. The minimum absolute atomic E-state index is 0.194. The maximum atomic E-state index is 12.8. The first-order valence-electron chi connectivity index (χ1n) is 9.61. The predicted molar refractivity (Wildman–Crippen MR) is 114 cm³/mol. The molecule has 8 heteroatoms. The molecule has 0 spiro atoms. The first-order valence-corrected chi connectivity index (χ1v) is 9.99. The molecule has 3 N–H and O–H groups in total. The van der Waals surface area contributed by atoms with Crippen molar-refractivity contribution in [3.8, 4) is 5.75 Å². The van der Waals surface area contributed by atoms with Gasteiger partial charge in [-0.25, -0.2) is 4.99 Å². The number of nitrogens with zero attached hydrogens (tertiary/aromatic N) is 2. The summed E-state index contributed by atoms with van der Waals surface area (Å²) in [6.45, 7) is 9.08. The molecule has 0 saturated carbocycles. The van der Waals surface area contributed by atoms with E-state index >= 15 is 0 Å². The van der Waals surface area contributed by atoms with E-state index in [-0.39, 0.29) is 11.9 Å². The van der Waals surface area contributed by atoms with Gasteiger partial charge in [0, 0.05) is 31.7 Å². The minimum atomic E-state index is -0.194. The number of ether oxygens (including phenoxy) is 1. The number of hydrogen-bond donors (Lipinski definition) is 3. The van der Waals surface area contributed by atoms with Crippen molar-refractivity contribution >= 4 is 29.2 Å². The Kier molecular flexibility index (Phi) is 6.80. The van der Waals surface area contributed by atoms with E-state index in [0.717, 1.165) is 32.5 Å². The first-order chi connectivity index (χ1) is 13.5. The van der Waals surface area contributed by atoms with E-state index in [4.69, 9.17) is 16.3 Å². The first kappa shape index (κ1) is 20.5. The van der Waals surface area contributed by atoms with E-state index in [1.807, 2.05) is 13.0 Å². The van der Waals surface area contributed by atoms with E-state index < -0.39 is 0 Å². The Labute approximate surface area is 171 Å². The van der Waals surface area contributed by atoms with Crippen LogP contribution in [0.25, 0.3) is 0 Å². The molecular weight excluding hydrogens is 378 g/mol. The topological polar surface area (TPSA) is 78.0 Å². The van der Waals surface area contributed by atoms with Gasteiger partial charge >= 0.3 is 0 Å². The third kappa shape index (κ3) is 4.77. The second-order valence-electron chi connectivity index (χ2n) is 7.15. The van der Waals surface area contributed by atoms with Gasteiger partial charge in [-0.3, -0.25) is 9.69 Å². The van der Waals surface area contributed by atoms with Crippen LogP contribution in [0.1, 0.15) is 30.1 Å². The molecule has 1 aromatic rings. The summed E-state index contributed by atoms with van der Waals surface area (Å²) >= 11 is 6.41. The summed E-state index contributed by atoms with van der Waals surface area (Å²) in [5.41, 5.74) is 1.06. The van der Waals surface area contributed by atoms with Gasteiger partial charge in [0.15, 0.2) is 5.96 Å². The van der Waals surface area contributed by atoms with Crippen LogP contribution in [0.4, 0.5) is 5.69 Å². The fourth-order valence-corrected chi connectivity index (χ4v) is 3.80. The van der Waals surface area contributed by atoms with Crippen molar-refractivity contribution in [3.63, 3.8) is 0 Å². The summed E-state index contributed by atoms with van der Waals surface area (Å²) in [5, 5.41) is 9.78. The van der Waals surface area contributed by atoms with Crippen molar-refractivity contribution in [1.29, 1.82) is 0 Å². The average Bonchev–Trinajstić information content (AvgIpc) is 3.30. The number of methoxy groups -OCH3 is 1. The third-order valence-corrected chi connectivity index (χ3v) is 5.37. The molecule has 2 aliphatic heterocycles. The molecule has 0 aliphatic carbocycles. The number of anilines is 1. The number of nitrogens with one attached hydrogen (secondary N) is 3. The monoisotopic (exact) mass is 405 g/mol. The molecule has 0 radical (unpaired) electrons. The number of halogens is 1. The summed E-state index contributed by atoms with van der Waals surface area (Å²) in [6, 6.07) is 3.90. The van der Waals surface area contributed by atoms with E-state index in [2.05, 4.69) is 32.4 Å². The summed E-state index contributed by atoms with van der Waals surface area (Å²) < 4.78 is 5.44. The van der Waals surface area contributed by atoms with Crippen LogP contribution in [0.2, 0.25) is 5.02 Å². The Balaban J connectivity index is 1.68. The molecule has 7 nitrogen and oxygen atoms in total. The second kappa shape index (κ2) is 9.30. The average molecular weight is 406 g/mol. The van der Waals surface area contributed by atoms with Gasteiger partial charge in [-0.1, -0.05) is 17.7 Å². The minimum Gasteiger partial charge on any atom is -0.496 e. The molecule has 1 saturated heterocycles. The van der Waals surface area contributed by atoms with Crippen molar-refractivity contribution in [2.24, 2.45) is 4.99 Å². The van der Waals surface area contributed by atoms with Crippen molar-refractivity contribution in [2.75, 3.05) is 38.6 Å². The Morgan fingerprint density at radius 1 is 1.54 bits per heavy atom. The standard InChI is InChI=1S/C20H28ClN5O2/c1-4-7-26-8-5-6-14(26)12-22-19(27)15-9-16(21)17(10-18(15)28-3)25-20-23-11-13(2)24-20/h4,9-10,13-14H,1,5-8,11-12H2,2-3H3,(H,22,27)(H2,23,24,25). The Morgan fingerprint density at radius 3 is 3.04 bits per heavy atom. The summed E-state index contributed by atoms with van der Waals surface area (Å²) in [6.07, 6.45) is 4.11. The molecule has 3 rings (SSSR count). The highest BCUT2D eigenvalue weighted by Crippen LogP contribution is 2.31.